The first-order valence-electron chi connectivity index (χ1n) is 9.22. The van der Waals surface area contributed by atoms with Crippen LogP contribution in [0.5, 0.6) is 5.75 Å². The molecule has 138 valence electrons. The molecule has 2 heterocycles. The van der Waals surface area contributed by atoms with Crippen molar-refractivity contribution in [2.75, 3.05) is 20.2 Å². The van der Waals surface area contributed by atoms with E-state index in [0.717, 1.165) is 44.6 Å². The Hall–Kier alpha value is -1.75. The summed E-state index contributed by atoms with van der Waals surface area (Å²) in [4.78, 5) is 17.1. The summed E-state index contributed by atoms with van der Waals surface area (Å²) in [5.41, 5.74) is 0.841. The fourth-order valence-corrected chi connectivity index (χ4v) is 3.89. The van der Waals surface area contributed by atoms with Gasteiger partial charge in [0.05, 0.1) is 7.11 Å². The quantitative estimate of drug-likeness (QED) is 0.837. The lowest BCUT2D eigenvalue weighted by Gasteiger charge is -2.31. The standard InChI is InChI=1S/C20H30N2O3/c1-20(2,3)25-19(23)22-16-7-8-17(22)14-21(12-11-16)13-15-5-9-18(24-4)10-6-15/h5-6,9-10,16-17H,7-8,11-14H2,1-4H3/t16-,17+/m0/s1. The van der Waals surface area contributed by atoms with Gasteiger partial charge in [-0.25, -0.2) is 4.79 Å². The molecule has 1 amide bonds. The number of carbonyl (C=O) groups is 1. The highest BCUT2D eigenvalue weighted by atomic mass is 16.6. The average Bonchev–Trinajstić information content (AvgIpc) is 2.84. The van der Waals surface area contributed by atoms with Gasteiger partial charge < -0.3 is 14.4 Å². The molecule has 2 fully saturated rings. The molecule has 0 radical (unpaired) electrons. The summed E-state index contributed by atoms with van der Waals surface area (Å²) in [5, 5.41) is 0. The molecular weight excluding hydrogens is 316 g/mol. The monoisotopic (exact) mass is 346 g/mol. The van der Waals surface area contributed by atoms with Crippen LogP contribution in [0.2, 0.25) is 0 Å². The van der Waals surface area contributed by atoms with Crippen molar-refractivity contribution >= 4 is 6.09 Å². The Labute approximate surface area is 150 Å². The first-order chi connectivity index (χ1) is 11.9. The molecule has 0 saturated carbocycles. The fraction of sp³-hybridized carbons (Fsp3) is 0.650. The van der Waals surface area contributed by atoms with Gasteiger partial charge in [-0.2, -0.15) is 0 Å². The fourth-order valence-electron chi connectivity index (χ4n) is 3.89. The molecule has 0 spiro atoms. The van der Waals surface area contributed by atoms with Crippen LogP contribution in [0.3, 0.4) is 0 Å². The van der Waals surface area contributed by atoms with Gasteiger partial charge in [0.2, 0.25) is 0 Å². The molecule has 0 unspecified atom stereocenters. The molecule has 5 heteroatoms. The zero-order chi connectivity index (χ0) is 18.0. The van der Waals surface area contributed by atoms with E-state index in [-0.39, 0.29) is 12.1 Å². The molecule has 1 aromatic carbocycles. The molecule has 2 aliphatic heterocycles. The number of ether oxygens (including phenoxy) is 2. The van der Waals surface area contributed by atoms with E-state index in [1.165, 1.54) is 5.56 Å². The molecule has 0 aromatic heterocycles. The number of carbonyl (C=O) groups excluding carboxylic acids is 1. The van der Waals surface area contributed by atoms with E-state index < -0.39 is 5.60 Å². The summed E-state index contributed by atoms with van der Waals surface area (Å²) in [7, 11) is 1.69. The van der Waals surface area contributed by atoms with Gasteiger partial charge in [0, 0.05) is 31.7 Å². The predicted molar refractivity (Wildman–Crippen MR) is 97.8 cm³/mol. The van der Waals surface area contributed by atoms with Crippen molar-refractivity contribution in [2.45, 2.75) is 64.3 Å². The van der Waals surface area contributed by atoms with Gasteiger partial charge in [0.25, 0.3) is 0 Å². The number of nitrogens with zero attached hydrogens (tertiary/aromatic N) is 2. The molecule has 0 N–H and O–H groups in total. The van der Waals surface area contributed by atoms with Crippen molar-refractivity contribution in [2.24, 2.45) is 0 Å². The second kappa shape index (κ2) is 7.24. The summed E-state index contributed by atoms with van der Waals surface area (Å²) in [5.74, 6) is 0.884. The Kier molecular flexibility index (Phi) is 5.23. The minimum Gasteiger partial charge on any atom is -0.497 e. The van der Waals surface area contributed by atoms with Crippen LogP contribution >= 0.6 is 0 Å². The van der Waals surface area contributed by atoms with Crippen LogP contribution in [0.25, 0.3) is 0 Å². The third kappa shape index (κ3) is 4.46. The molecule has 2 bridgehead atoms. The topological polar surface area (TPSA) is 42.0 Å². The number of methoxy groups -OCH3 is 1. The van der Waals surface area contributed by atoms with Gasteiger partial charge in [-0.05, 0) is 57.7 Å². The number of amides is 1. The first-order valence-corrected chi connectivity index (χ1v) is 9.22. The molecule has 1 aromatic rings. The van der Waals surface area contributed by atoms with E-state index in [1.54, 1.807) is 7.11 Å². The number of hydrogen-bond acceptors (Lipinski definition) is 4. The SMILES string of the molecule is COc1ccc(CN2CC[C@@H]3CC[C@H](C2)N3C(=O)OC(C)(C)C)cc1. The van der Waals surface area contributed by atoms with Crippen molar-refractivity contribution in [3.8, 4) is 5.75 Å². The van der Waals surface area contributed by atoms with E-state index in [1.807, 2.05) is 37.8 Å². The number of fused-ring (bicyclic) bond motifs is 2. The smallest absolute Gasteiger partial charge is 0.410 e. The van der Waals surface area contributed by atoms with Gasteiger partial charge in [-0.3, -0.25) is 4.90 Å². The zero-order valence-corrected chi connectivity index (χ0v) is 15.8. The molecule has 25 heavy (non-hydrogen) atoms. The average molecular weight is 346 g/mol. The van der Waals surface area contributed by atoms with Crippen LogP contribution in [0, 0.1) is 0 Å². The van der Waals surface area contributed by atoms with Gasteiger partial charge >= 0.3 is 6.09 Å². The zero-order valence-electron chi connectivity index (χ0n) is 15.8. The second-order valence-electron chi connectivity index (χ2n) is 8.14. The summed E-state index contributed by atoms with van der Waals surface area (Å²) >= 11 is 0. The lowest BCUT2D eigenvalue weighted by Crippen LogP contribution is -2.45. The van der Waals surface area contributed by atoms with Gasteiger partial charge in [-0.15, -0.1) is 0 Å². The van der Waals surface area contributed by atoms with E-state index in [2.05, 4.69) is 17.0 Å². The maximum Gasteiger partial charge on any atom is 0.410 e. The minimum absolute atomic E-state index is 0.147. The van der Waals surface area contributed by atoms with Crippen molar-refractivity contribution in [1.82, 2.24) is 9.80 Å². The lowest BCUT2D eigenvalue weighted by molar-refractivity contribution is 0.0153. The normalized spacial score (nSPS) is 24.1. The van der Waals surface area contributed by atoms with Crippen molar-refractivity contribution in [3.05, 3.63) is 29.8 Å². The maximum atomic E-state index is 12.6. The highest BCUT2D eigenvalue weighted by Gasteiger charge is 2.41. The molecule has 0 aliphatic carbocycles. The lowest BCUT2D eigenvalue weighted by atomic mass is 10.1. The predicted octanol–water partition coefficient (Wildman–Crippen LogP) is 3.67. The summed E-state index contributed by atoms with van der Waals surface area (Å²) in [6.07, 6.45) is 3.04. The molecule has 2 atom stereocenters. The van der Waals surface area contributed by atoms with E-state index in [0.29, 0.717) is 6.04 Å². The minimum atomic E-state index is -0.439. The third-order valence-electron chi connectivity index (χ3n) is 5.04. The Morgan fingerprint density at radius 1 is 1.12 bits per heavy atom. The van der Waals surface area contributed by atoms with Crippen molar-refractivity contribution in [1.29, 1.82) is 0 Å². The maximum absolute atomic E-state index is 12.6. The Morgan fingerprint density at radius 2 is 1.80 bits per heavy atom. The van der Waals surface area contributed by atoms with Gasteiger partial charge in [-0.1, -0.05) is 12.1 Å². The first kappa shape index (κ1) is 18.1. The van der Waals surface area contributed by atoms with E-state index >= 15 is 0 Å². The second-order valence-corrected chi connectivity index (χ2v) is 8.14. The molecule has 2 aliphatic rings. The van der Waals surface area contributed by atoms with Crippen LogP contribution in [-0.4, -0.2) is 53.8 Å². The Bertz CT molecular complexity index is 594. The van der Waals surface area contributed by atoms with E-state index in [4.69, 9.17) is 9.47 Å². The van der Waals surface area contributed by atoms with Crippen LogP contribution in [0.1, 0.15) is 45.6 Å². The van der Waals surface area contributed by atoms with Crippen LogP contribution in [0.15, 0.2) is 24.3 Å². The number of likely N-dealkylation sites (tertiary alicyclic amines) is 1. The van der Waals surface area contributed by atoms with Crippen molar-refractivity contribution in [3.63, 3.8) is 0 Å². The van der Waals surface area contributed by atoms with Crippen molar-refractivity contribution < 1.29 is 14.3 Å². The summed E-state index contributed by atoms with van der Waals surface area (Å²) in [6.45, 7) is 8.64. The van der Waals surface area contributed by atoms with E-state index in [9.17, 15) is 4.79 Å². The Balaban J connectivity index is 1.64. The van der Waals surface area contributed by atoms with Crippen LogP contribution < -0.4 is 4.74 Å². The Morgan fingerprint density at radius 3 is 2.44 bits per heavy atom. The molecule has 5 nitrogen and oxygen atoms in total. The number of hydrogen-bond donors (Lipinski definition) is 0. The van der Waals surface area contributed by atoms with Gasteiger partial charge in [0.15, 0.2) is 0 Å². The van der Waals surface area contributed by atoms with Crippen LogP contribution in [-0.2, 0) is 11.3 Å². The third-order valence-corrected chi connectivity index (χ3v) is 5.04. The molecule has 2 saturated heterocycles. The highest BCUT2D eigenvalue weighted by Crippen LogP contribution is 2.32. The summed E-state index contributed by atoms with van der Waals surface area (Å²) in [6, 6.07) is 8.83. The molecular formula is C20H30N2O3. The summed E-state index contributed by atoms with van der Waals surface area (Å²) < 4.78 is 10.9. The van der Waals surface area contributed by atoms with Gasteiger partial charge in [0.1, 0.15) is 11.4 Å². The number of rotatable bonds is 3. The highest BCUT2D eigenvalue weighted by molar-refractivity contribution is 5.69. The number of benzene rings is 1. The van der Waals surface area contributed by atoms with Crippen LogP contribution in [0.4, 0.5) is 4.79 Å². The largest absolute Gasteiger partial charge is 0.497 e. The molecule has 3 rings (SSSR count).